The van der Waals surface area contributed by atoms with Gasteiger partial charge in [-0.15, -0.1) is 0 Å². The van der Waals surface area contributed by atoms with Crippen LogP contribution in [0.2, 0.25) is 0 Å². The Morgan fingerprint density at radius 1 is 1.27 bits per heavy atom. The SMILES string of the molecule is Cn1ccnc1SCCNC(=O)N(Cc1ccccn1)C1CCCCC1. The van der Waals surface area contributed by atoms with Crippen molar-refractivity contribution in [3.63, 3.8) is 0 Å². The highest BCUT2D eigenvalue weighted by Gasteiger charge is 2.25. The average molecular weight is 374 g/mol. The second-order valence-electron chi connectivity index (χ2n) is 6.64. The third-order valence-corrected chi connectivity index (χ3v) is 5.78. The maximum atomic E-state index is 12.8. The Balaban J connectivity index is 1.54. The van der Waals surface area contributed by atoms with Crippen LogP contribution in [-0.2, 0) is 13.6 Å². The largest absolute Gasteiger partial charge is 0.337 e. The van der Waals surface area contributed by atoms with Gasteiger partial charge in [-0.3, -0.25) is 4.98 Å². The number of nitrogens with one attached hydrogen (secondary N) is 1. The first-order chi connectivity index (χ1) is 12.7. The summed E-state index contributed by atoms with van der Waals surface area (Å²) < 4.78 is 1.99. The molecule has 0 saturated heterocycles. The van der Waals surface area contributed by atoms with Crippen molar-refractivity contribution < 1.29 is 4.79 Å². The van der Waals surface area contributed by atoms with Crippen LogP contribution in [0.5, 0.6) is 0 Å². The van der Waals surface area contributed by atoms with Gasteiger partial charge in [0.15, 0.2) is 5.16 Å². The molecule has 7 heteroatoms. The van der Waals surface area contributed by atoms with E-state index < -0.39 is 0 Å². The summed E-state index contributed by atoms with van der Waals surface area (Å²) in [5.41, 5.74) is 0.940. The van der Waals surface area contributed by atoms with Crippen molar-refractivity contribution in [2.45, 2.75) is 49.8 Å². The quantitative estimate of drug-likeness (QED) is 0.596. The molecule has 0 bridgehead atoms. The Hall–Kier alpha value is -2.02. The van der Waals surface area contributed by atoms with Crippen molar-refractivity contribution in [2.75, 3.05) is 12.3 Å². The number of rotatable bonds is 7. The number of carbonyl (C=O) groups excluding carboxylic acids is 1. The molecule has 1 aliphatic rings. The van der Waals surface area contributed by atoms with E-state index in [1.54, 1.807) is 24.2 Å². The van der Waals surface area contributed by atoms with Crippen LogP contribution in [0, 0.1) is 0 Å². The van der Waals surface area contributed by atoms with Crippen LogP contribution in [0.1, 0.15) is 37.8 Å². The number of amides is 2. The third-order valence-electron chi connectivity index (χ3n) is 4.72. The molecule has 2 aromatic rings. The Kier molecular flexibility index (Phi) is 6.94. The molecule has 0 aromatic carbocycles. The van der Waals surface area contributed by atoms with E-state index >= 15 is 0 Å². The van der Waals surface area contributed by atoms with Gasteiger partial charge in [0.25, 0.3) is 0 Å². The van der Waals surface area contributed by atoms with Crippen LogP contribution in [0.15, 0.2) is 41.9 Å². The predicted octanol–water partition coefficient (Wildman–Crippen LogP) is 3.45. The van der Waals surface area contributed by atoms with E-state index in [9.17, 15) is 4.79 Å². The van der Waals surface area contributed by atoms with Gasteiger partial charge in [-0.05, 0) is 25.0 Å². The summed E-state index contributed by atoms with van der Waals surface area (Å²) in [6.45, 7) is 1.20. The summed E-state index contributed by atoms with van der Waals surface area (Å²) in [4.78, 5) is 23.5. The van der Waals surface area contributed by atoms with Gasteiger partial charge in [0, 0.05) is 44.0 Å². The third kappa shape index (κ3) is 5.24. The zero-order chi connectivity index (χ0) is 18.2. The van der Waals surface area contributed by atoms with Crippen molar-refractivity contribution in [3.8, 4) is 0 Å². The van der Waals surface area contributed by atoms with E-state index in [-0.39, 0.29) is 6.03 Å². The van der Waals surface area contributed by atoms with Crippen LogP contribution >= 0.6 is 11.8 Å². The molecular weight excluding hydrogens is 346 g/mol. The topological polar surface area (TPSA) is 63.1 Å². The van der Waals surface area contributed by atoms with Crippen LogP contribution in [0.4, 0.5) is 4.79 Å². The number of nitrogens with zero attached hydrogens (tertiary/aromatic N) is 4. The second-order valence-corrected chi connectivity index (χ2v) is 7.70. The second kappa shape index (κ2) is 9.62. The van der Waals surface area contributed by atoms with Gasteiger partial charge in [-0.2, -0.15) is 0 Å². The minimum Gasteiger partial charge on any atom is -0.337 e. The minimum absolute atomic E-state index is 0.0167. The number of carbonyl (C=O) groups is 1. The van der Waals surface area contributed by atoms with Crippen LogP contribution in [0.25, 0.3) is 0 Å². The molecule has 0 spiro atoms. The van der Waals surface area contributed by atoms with Gasteiger partial charge in [0.05, 0.1) is 12.2 Å². The lowest BCUT2D eigenvalue weighted by molar-refractivity contribution is 0.150. The number of hydrogen-bond donors (Lipinski definition) is 1. The molecule has 26 heavy (non-hydrogen) atoms. The summed E-state index contributed by atoms with van der Waals surface area (Å²) in [6.07, 6.45) is 11.4. The Morgan fingerprint density at radius 2 is 2.12 bits per heavy atom. The molecule has 0 radical (unpaired) electrons. The highest BCUT2D eigenvalue weighted by atomic mass is 32.2. The summed E-state index contributed by atoms with van der Waals surface area (Å²) in [7, 11) is 1.98. The zero-order valence-electron chi connectivity index (χ0n) is 15.3. The van der Waals surface area contributed by atoms with Gasteiger partial charge in [-0.1, -0.05) is 37.1 Å². The predicted molar refractivity (Wildman–Crippen MR) is 104 cm³/mol. The molecule has 140 valence electrons. The van der Waals surface area contributed by atoms with Gasteiger partial charge in [-0.25, -0.2) is 9.78 Å². The number of thioether (sulfide) groups is 1. The first-order valence-electron chi connectivity index (χ1n) is 9.28. The minimum atomic E-state index is 0.0167. The first kappa shape index (κ1) is 18.8. The highest BCUT2D eigenvalue weighted by molar-refractivity contribution is 7.99. The molecule has 2 amide bonds. The molecule has 1 aliphatic carbocycles. The van der Waals surface area contributed by atoms with Crippen molar-refractivity contribution in [1.29, 1.82) is 0 Å². The van der Waals surface area contributed by atoms with Gasteiger partial charge < -0.3 is 14.8 Å². The summed E-state index contributed by atoms with van der Waals surface area (Å²) in [5, 5.41) is 4.05. The van der Waals surface area contributed by atoms with E-state index in [0.29, 0.717) is 19.1 Å². The van der Waals surface area contributed by atoms with Crippen molar-refractivity contribution >= 4 is 17.8 Å². The van der Waals surface area contributed by atoms with Crippen LogP contribution in [0.3, 0.4) is 0 Å². The molecule has 1 N–H and O–H groups in total. The smallest absolute Gasteiger partial charge is 0.318 e. The Labute approximate surface area is 159 Å². The van der Waals surface area contributed by atoms with Gasteiger partial charge in [0.2, 0.25) is 0 Å². The number of aryl methyl sites for hydroxylation is 1. The van der Waals surface area contributed by atoms with Crippen molar-refractivity contribution in [1.82, 2.24) is 24.8 Å². The van der Waals surface area contributed by atoms with Gasteiger partial charge >= 0.3 is 6.03 Å². The Morgan fingerprint density at radius 3 is 2.81 bits per heavy atom. The fraction of sp³-hybridized carbons (Fsp3) is 0.526. The van der Waals surface area contributed by atoms with Gasteiger partial charge in [0.1, 0.15) is 0 Å². The fourth-order valence-corrected chi connectivity index (χ4v) is 4.11. The number of hydrogen-bond acceptors (Lipinski definition) is 4. The fourth-order valence-electron chi connectivity index (χ4n) is 3.32. The molecule has 1 fully saturated rings. The summed E-state index contributed by atoms with van der Waals surface area (Å²) >= 11 is 1.65. The molecule has 3 rings (SSSR count). The molecule has 2 aromatic heterocycles. The lowest BCUT2D eigenvalue weighted by Crippen LogP contribution is -2.47. The molecule has 0 atom stereocenters. The maximum absolute atomic E-state index is 12.8. The lowest BCUT2D eigenvalue weighted by Gasteiger charge is -2.34. The molecule has 2 heterocycles. The molecule has 1 saturated carbocycles. The van der Waals surface area contributed by atoms with E-state index in [2.05, 4.69) is 15.3 Å². The van der Waals surface area contributed by atoms with E-state index in [1.165, 1.54) is 19.3 Å². The van der Waals surface area contributed by atoms with Crippen LogP contribution in [-0.4, -0.2) is 43.8 Å². The number of urea groups is 1. The number of pyridine rings is 1. The summed E-state index contributed by atoms with van der Waals surface area (Å²) in [5.74, 6) is 0.804. The average Bonchev–Trinajstić information content (AvgIpc) is 3.09. The summed E-state index contributed by atoms with van der Waals surface area (Å²) in [6, 6.07) is 6.20. The van der Waals surface area contributed by atoms with E-state index in [1.807, 2.05) is 40.9 Å². The number of imidazole rings is 1. The van der Waals surface area contributed by atoms with Crippen LogP contribution < -0.4 is 5.32 Å². The molecule has 6 nitrogen and oxygen atoms in total. The van der Waals surface area contributed by atoms with Crippen molar-refractivity contribution in [3.05, 3.63) is 42.5 Å². The maximum Gasteiger partial charge on any atom is 0.318 e. The normalized spacial score (nSPS) is 15.0. The lowest BCUT2D eigenvalue weighted by atomic mass is 9.94. The monoisotopic (exact) mass is 373 g/mol. The standard InChI is InChI=1S/C19H27N5OS/c1-23-13-11-22-19(23)26-14-12-21-18(25)24(17-8-3-2-4-9-17)15-16-7-5-6-10-20-16/h5-7,10-11,13,17H,2-4,8-9,12,14-15H2,1H3,(H,21,25). The zero-order valence-corrected chi connectivity index (χ0v) is 16.1. The highest BCUT2D eigenvalue weighted by Crippen LogP contribution is 2.24. The Bertz CT molecular complexity index is 684. The number of aromatic nitrogens is 3. The first-order valence-corrected chi connectivity index (χ1v) is 10.3. The van der Waals surface area contributed by atoms with E-state index in [4.69, 9.17) is 0 Å². The molecule has 0 aliphatic heterocycles. The molecule has 0 unspecified atom stereocenters. The molecular formula is C19H27N5OS. The van der Waals surface area contributed by atoms with E-state index in [0.717, 1.165) is 29.4 Å². The van der Waals surface area contributed by atoms with Crippen molar-refractivity contribution in [2.24, 2.45) is 7.05 Å².